The number of rotatable bonds is 8. The second-order valence-electron chi connectivity index (χ2n) is 8.26. The highest BCUT2D eigenvalue weighted by molar-refractivity contribution is 6.15. The Morgan fingerprint density at radius 2 is 2.00 bits per heavy atom. The standard InChI is InChI=1S/C21H31BN2O5.2ClH/c22-18(4-1-11-25)21(23,20(27)28)15-7-9-24(10-8-15)13-16-17(26)6-5-14-3-2-12-29-19(14)16;;/h5-6,15,18,25-26H,1-4,7-13,23H2,(H,27,28);2*1H. The molecule has 7 nitrogen and oxygen atoms in total. The van der Waals surface area contributed by atoms with E-state index in [2.05, 4.69) is 4.90 Å². The summed E-state index contributed by atoms with van der Waals surface area (Å²) in [6.45, 7) is 2.53. The summed E-state index contributed by atoms with van der Waals surface area (Å²) >= 11 is 0. The van der Waals surface area contributed by atoms with Crippen LogP contribution in [0.2, 0.25) is 5.82 Å². The van der Waals surface area contributed by atoms with Crippen molar-refractivity contribution in [2.75, 3.05) is 26.3 Å². The van der Waals surface area contributed by atoms with Crippen molar-refractivity contribution < 1.29 is 24.9 Å². The van der Waals surface area contributed by atoms with E-state index >= 15 is 0 Å². The molecule has 174 valence electrons. The number of nitrogens with zero attached hydrogens (tertiary/aromatic N) is 1. The Morgan fingerprint density at radius 1 is 1.32 bits per heavy atom. The topological polar surface area (TPSA) is 116 Å². The van der Waals surface area contributed by atoms with E-state index in [-0.39, 0.29) is 43.1 Å². The number of piperidine rings is 1. The largest absolute Gasteiger partial charge is 0.507 e. The average molecular weight is 475 g/mol. The molecule has 0 amide bonds. The van der Waals surface area contributed by atoms with E-state index in [1.165, 1.54) is 0 Å². The van der Waals surface area contributed by atoms with Crippen molar-refractivity contribution >= 4 is 38.6 Å². The zero-order valence-corrected chi connectivity index (χ0v) is 19.3. The third-order valence-corrected chi connectivity index (χ3v) is 6.46. The third kappa shape index (κ3) is 5.99. The fourth-order valence-corrected chi connectivity index (χ4v) is 4.61. The molecule has 2 heterocycles. The van der Waals surface area contributed by atoms with Crippen molar-refractivity contribution in [2.45, 2.75) is 56.4 Å². The molecule has 2 unspecified atom stereocenters. The number of benzene rings is 1. The number of nitrogens with two attached hydrogens (primary N) is 1. The van der Waals surface area contributed by atoms with Crippen LogP contribution >= 0.6 is 24.8 Å². The summed E-state index contributed by atoms with van der Waals surface area (Å²) in [4.78, 5) is 14.2. The maximum atomic E-state index is 12.0. The Bertz CT molecular complexity index is 734. The van der Waals surface area contributed by atoms with E-state index in [4.69, 9.17) is 23.4 Å². The van der Waals surface area contributed by atoms with Gasteiger partial charge in [-0.05, 0) is 68.6 Å². The second kappa shape index (κ2) is 12.2. The summed E-state index contributed by atoms with van der Waals surface area (Å²) in [5.74, 6) is -0.994. The first-order chi connectivity index (χ1) is 13.9. The molecule has 5 N–H and O–H groups in total. The lowest BCUT2D eigenvalue weighted by atomic mass is 9.61. The van der Waals surface area contributed by atoms with Gasteiger partial charge in [-0.3, -0.25) is 9.69 Å². The van der Waals surface area contributed by atoms with Crippen molar-refractivity contribution in [3.8, 4) is 11.5 Å². The van der Waals surface area contributed by atoms with Gasteiger partial charge in [-0.1, -0.05) is 12.5 Å². The van der Waals surface area contributed by atoms with E-state index in [0.717, 1.165) is 29.7 Å². The van der Waals surface area contributed by atoms with Gasteiger partial charge in [0.25, 0.3) is 0 Å². The van der Waals surface area contributed by atoms with Crippen LogP contribution in [0.25, 0.3) is 0 Å². The zero-order valence-electron chi connectivity index (χ0n) is 17.7. The second-order valence-corrected chi connectivity index (χ2v) is 8.26. The Labute approximate surface area is 197 Å². The summed E-state index contributed by atoms with van der Waals surface area (Å²) in [6, 6.07) is 3.65. The fourth-order valence-electron chi connectivity index (χ4n) is 4.61. The molecule has 10 heteroatoms. The molecule has 2 atom stereocenters. The Kier molecular flexibility index (Phi) is 10.9. The molecule has 2 radical (unpaired) electrons. The molecular formula is C21H33BCl2N2O5. The Hall–Kier alpha value is -1.19. The summed E-state index contributed by atoms with van der Waals surface area (Å²) in [6.07, 6.45) is 3.97. The Balaban J connectivity index is 0.00000240. The van der Waals surface area contributed by atoms with Crippen molar-refractivity contribution in [3.63, 3.8) is 0 Å². The number of hydrogen-bond acceptors (Lipinski definition) is 6. The minimum Gasteiger partial charge on any atom is -0.507 e. The van der Waals surface area contributed by atoms with Crippen LogP contribution < -0.4 is 10.5 Å². The van der Waals surface area contributed by atoms with E-state index in [9.17, 15) is 15.0 Å². The summed E-state index contributed by atoms with van der Waals surface area (Å²) in [5, 5.41) is 29.2. The lowest BCUT2D eigenvalue weighted by Gasteiger charge is -2.43. The highest BCUT2D eigenvalue weighted by Gasteiger charge is 2.46. The van der Waals surface area contributed by atoms with Gasteiger partial charge in [-0.2, -0.15) is 0 Å². The van der Waals surface area contributed by atoms with Gasteiger partial charge in [-0.25, -0.2) is 0 Å². The molecular weight excluding hydrogens is 442 g/mol. The van der Waals surface area contributed by atoms with Gasteiger partial charge in [0, 0.05) is 13.2 Å². The molecule has 1 saturated heterocycles. The molecule has 1 fully saturated rings. The first-order valence-electron chi connectivity index (χ1n) is 10.5. The van der Waals surface area contributed by atoms with E-state index in [1.807, 2.05) is 6.07 Å². The summed E-state index contributed by atoms with van der Waals surface area (Å²) < 4.78 is 5.83. The minimum absolute atomic E-state index is 0. The lowest BCUT2D eigenvalue weighted by Crippen LogP contribution is -2.59. The third-order valence-electron chi connectivity index (χ3n) is 6.46. The maximum Gasteiger partial charge on any atom is 0.323 e. The number of aliphatic hydroxyl groups is 1. The molecule has 0 aromatic heterocycles. The van der Waals surface area contributed by atoms with Gasteiger partial charge in [-0.15, -0.1) is 24.8 Å². The van der Waals surface area contributed by atoms with Crippen LogP contribution in [-0.4, -0.2) is 65.9 Å². The van der Waals surface area contributed by atoms with Gasteiger partial charge in [0.15, 0.2) is 0 Å². The Morgan fingerprint density at radius 3 is 2.61 bits per heavy atom. The van der Waals surface area contributed by atoms with Gasteiger partial charge in [0.1, 0.15) is 17.0 Å². The average Bonchev–Trinajstić information content (AvgIpc) is 2.73. The first kappa shape index (κ1) is 27.8. The quantitative estimate of drug-likeness (QED) is 0.427. The monoisotopic (exact) mass is 474 g/mol. The smallest absolute Gasteiger partial charge is 0.323 e. The number of ether oxygens (including phenoxy) is 1. The lowest BCUT2D eigenvalue weighted by molar-refractivity contribution is -0.147. The SMILES string of the molecule is Cl.Cl.[B]C(CCCO)C(N)(C(=O)O)C1CCN(Cc2c(O)ccc3c2OCCC3)CC1. The molecule has 0 saturated carbocycles. The van der Waals surface area contributed by atoms with Crippen LogP contribution in [0, 0.1) is 5.92 Å². The van der Waals surface area contributed by atoms with Crippen LogP contribution in [0.5, 0.6) is 11.5 Å². The highest BCUT2D eigenvalue weighted by Crippen LogP contribution is 2.39. The predicted octanol–water partition coefficient (Wildman–Crippen LogP) is 2.28. The van der Waals surface area contributed by atoms with Gasteiger partial charge >= 0.3 is 5.97 Å². The molecule has 0 aliphatic carbocycles. The van der Waals surface area contributed by atoms with Gasteiger partial charge in [0.05, 0.1) is 20.0 Å². The number of halogens is 2. The summed E-state index contributed by atoms with van der Waals surface area (Å²) in [7, 11) is 6.14. The number of hydrogen-bond donors (Lipinski definition) is 4. The van der Waals surface area contributed by atoms with Crippen LogP contribution in [-0.2, 0) is 17.8 Å². The number of phenols is 1. The van der Waals surface area contributed by atoms with E-state index in [0.29, 0.717) is 51.9 Å². The first-order valence-corrected chi connectivity index (χ1v) is 10.5. The molecule has 31 heavy (non-hydrogen) atoms. The maximum absolute atomic E-state index is 12.0. The van der Waals surface area contributed by atoms with Crippen LogP contribution in [0.1, 0.15) is 43.2 Å². The molecule has 1 aromatic carbocycles. The van der Waals surface area contributed by atoms with Crippen LogP contribution in [0.15, 0.2) is 12.1 Å². The number of carbonyl (C=O) groups is 1. The van der Waals surface area contributed by atoms with Gasteiger partial charge < -0.3 is 25.8 Å². The normalized spacial score (nSPS) is 19.7. The molecule has 0 spiro atoms. The molecule has 1 aromatic rings. The van der Waals surface area contributed by atoms with Crippen molar-refractivity contribution in [1.82, 2.24) is 4.90 Å². The van der Waals surface area contributed by atoms with Crippen molar-refractivity contribution in [3.05, 3.63) is 23.3 Å². The number of phenolic OH excluding ortho intramolecular Hbond substituents is 1. The predicted molar refractivity (Wildman–Crippen MR) is 125 cm³/mol. The number of aliphatic hydroxyl groups excluding tert-OH is 1. The van der Waals surface area contributed by atoms with Crippen LogP contribution in [0.3, 0.4) is 0 Å². The molecule has 3 rings (SSSR count). The number of aromatic hydroxyl groups is 1. The number of aliphatic carboxylic acids is 1. The van der Waals surface area contributed by atoms with Crippen molar-refractivity contribution in [1.29, 1.82) is 0 Å². The number of fused-ring (bicyclic) bond motifs is 1. The van der Waals surface area contributed by atoms with Crippen LogP contribution in [0.4, 0.5) is 0 Å². The molecule has 2 aliphatic heterocycles. The summed E-state index contributed by atoms with van der Waals surface area (Å²) in [5.41, 5.74) is 6.76. The molecule has 2 aliphatic rings. The number of aryl methyl sites for hydroxylation is 1. The highest BCUT2D eigenvalue weighted by atomic mass is 35.5. The minimum atomic E-state index is -1.50. The number of carboxylic acids is 1. The van der Waals surface area contributed by atoms with E-state index < -0.39 is 17.3 Å². The fraction of sp³-hybridized carbons (Fsp3) is 0.667. The number of likely N-dealkylation sites (tertiary alicyclic amines) is 1. The zero-order chi connectivity index (χ0) is 21.0. The van der Waals surface area contributed by atoms with E-state index in [1.54, 1.807) is 6.07 Å². The molecule has 0 bridgehead atoms. The van der Waals surface area contributed by atoms with Gasteiger partial charge in [0.2, 0.25) is 0 Å². The van der Waals surface area contributed by atoms with Crippen molar-refractivity contribution in [2.24, 2.45) is 11.7 Å². The number of carboxylic acid groups (broad SMARTS) is 1.